The third-order valence-electron chi connectivity index (χ3n) is 2.93. The molecule has 1 rings (SSSR count). The second-order valence-electron chi connectivity index (χ2n) is 4.14. The number of hydrogen-bond acceptors (Lipinski definition) is 3. The molecule has 5 nitrogen and oxygen atoms in total. The molecule has 2 N–H and O–H groups in total. The predicted molar refractivity (Wildman–Crippen MR) is 58.4 cm³/mol. The number of imide groups is 2. The summed E-state index contributed by atoms with van der Waals surface area (Å²) in [6.45, 7) is 5.40. The van der Waals surface area contributed by atoms with E-state index < -0.39 is 23.3 Å². The molecule has 0 aromatic carbocycles. The van der Waals surface area contributed by atoms with Gasteiger partial charge in [-0.3, -0.25) is 20.2 Å². The van der Waals surface area contributed by atoms with Gasteiger partial charge in [0, 0.05) is 0 Å². The van der Waals surface area contributed by atoms with Crippen molar-refractivity contribution < 1.29 is 43.9 Å². The minimum atomic E-state index is -1.18. The third kappa shape index (κ3) is 2.97. The quantitative estimate of drug-likeness (QED) is 0.343. The van der Waals surface area contributed by atoms with Crippen LogP contribution in [0.1, 0.15) is 27.2 Å². The van der Waals surface area contributed by atoms with Crippen LogP contribution in [0.2, 0.25) is 0 Å². The Kier molecular flexibility index (Phi) is 6.09. The number of urea groups is 1. The minimum Gasteiger partial charge on any atom is -0.277 e. The maximum Gasteiger partial charge on any atom is 1.00 e. The molecule has 0 radical (unpaired) electrons. The summed E-state index contributed by atoms with van der Waals surface area (Å²) in [6, 6.07) is -0.744. The summed E-state index contributed by atoms with van der Waals surface area (Å²) >= 11 is 0. The zero-order valence-corrected chi connectivity index (χ0v) is 12.7. The van der Waals surface area contributed by atoms with Gasteiger partial charge in [-0.1, -0.05) is 26.0 Å². The molecule has 4 amide bonds. The van der Waals surface area contributed by atoms with E-state index in [1.54, 1.807) is 26.0 Å². The van der Waals surface area contributed by atoms with Crippen molar-refractivity contribution in [2.24, 2.45) is 11.3 Å². The van der Waals surface area contributed by atoms with Crippen LogP contribution in [0.25, 0.3) is 0 Å². The molecule has 0 unspecified atom stereocenters. The molecule has 88 valence electrons. The Morgan fingerprint density at radius 3 is 2.00 bits per heavy atom. The molecule has 1 heterocycles. The summed E-state index contributed by atoms with van der Waals surface area (Å²) < 4.78 is 0. The van der Waals surface area contributed by atoms with Crippen molar-refractivity contribution in [2.75, 3.05) is 0 Å². The minimum absolute atomic E-state index is 0. The Bertz CT molecular complexity index is 344. The third-order valence-corrected chi connectivity index (χ3v) is 2.93. The van der Waals surface area contributed by atoms with E-state index in [-0.39, 0.29) is 35.5 Å². The number of carbonyl (C=O) groups excluding carboxylic acids is 3. The fourth-order valence-electron chi connectivity index (χ4n) is 1.81. The smallest absolute Gasteiger partial charge is 0.277 e. The van der Waals surface area contributed by atoms with E-state index in [1.807, 2.05) is 6.92 Å². The van der Waals surface area contributed by atoms with Gasteiger partial charge in [0.2, 0.25) is 11.8 Å². The number of allylic oxidation sites excluding steroid dienone is 2. The van der Waals surface area contributed by atoms with Crippen LogP contribution < -0.4 is 40.2 Å². The number of carbonyl (C=O) groups is 3. The summed E-state index contributed by atoms with van der Waals surface area (Å²) in [5, 5.41) is 4.29. The van der Waals surface area contributed by atoms with Crippen LogP contribution in [0.5, 0.6) is 0 Å². The first-order chi connectivity index (χ1) is 7.45. The molecule has 0 bridgehead atoms. The van der Waals surface area contributed by atoms with Gasteiger partial charge in [0.05, 0.1) is 0 Å². The van der Waals surface area contributed by atoms with Gasteiger partial charge in [-0.05, 0) is 19.3 Å². The Labute approximate surface area is 123 Å². The first kappa shape index (κ1) is 16.4. The van der Waals surface area contributed by atoms with E-state index in [2.05, 4.69) is 10.6 Å². The van der Waals surface area contributed by atoms with Gasteiger partial charge in [-0.2, -0.15) is 0 Å². The molecule has 0 spiro atoms. The molecule has 17 heavy (non-hydrogen) atoms. The van der Waals surface area contributed by atoms with E-state index in [0.717, 1.165) is 0 Å². The van der Waals surface area contributed by atoms with Gasteiger partial charge < -0.3 is 0 Å². The van der Waals surface area contributed by atoms with Gasteiger partial charge in [0.1, 0.15) is 5.41 Å². The fourth-order valence-corrected chi connectivity index (χ4v) is 1.81. The van der Waals surface area contributed by atoms with E-state index >= 15 is 0 Å². The predicted octanol–water partition coefficient (Wildman–Crippen LogP) is -2.03. The van der Waals surface area contributed by atoms with Gasteiger partial charge in [0.15, 0.2) is 0 Å². The zero-order valence-electron chi connectivity index (χ0n) is 10.7. The number of hydrogen-bond donors (Lipinski definition) is 2. The summed E-state index contributed by atoms with van der Waals surface area (Å²) in [5.41, 5.74) is -1.18. The topological polar surface area (TPSA) is 75.3 Å². The van der Waals surface area contributed by atoms with Gasteiger partial charge in [0.25, 0.3) is 0 Å². The standard InChI is InChI=1S/C11H16N2O3.Na/c1-4-5-6-11(7(2)3)8(14)12-10(16)13-9(11)15;/h4-5,7H,6H2,1-3H3,(H2,12,13,14,15,16);/q;+1/b5-4+;. The van der Waals surface area contributed by atoms with Crippen molar-refractivity contribution in [2.45, 2.75) is 27.2 Å². The van der Waals surface area contributed by atoms with Crippen molar-refractivity contribution in [3.05, 3.63) is 12.2 Å². The van der Waals surface area contributed by atoms with Crippen molar-refractivity contribution in [3.8, 4) is 0 Å². The molecule has 1 fully saturated rings. The molecule has 0 aromatic rings. The van der Waals surface area contributed by atoms with Crippen LogP contribution in [-0.4, -0.2) is 17.8 Å². The van der Waals surface area contributed by atoms with E-state index in [0.29, 0.717) is 6.42 Å². The zero-order chi connectivity index (χ0) is 12.3. The van der Waals surface area contributed by atoms with Gasteiger partial charge in [-0.25, -0.2) is 4.79 Å². The largest absolute Gasteiger partial charge is 1.00 e. The SMILES string of the molecule is C/C=C/CC1(C(C)C)C(=O)NC(=O)NC1=O.[Na+]. The number of amides is 4. The van der Waals surface area contributed by atoms with Crippen LogP contribution in [-0.2, 0) is 9.59 Å². The van der Waals surface area contributed by atoms with Crippen molar-refractivity contribution >= 4 is 17.8 Å². The molecule has 0 aromatic heterocycles. The average molecular weight is 247 g/mol. The van der Waals surface area contributed by atoms with E-state index in [4.69, 9.17) is 0 Å². The van der Waals surface area contributed by atoms with Crippen LogP contribution >= 0.6 is 0 Å². The normalized spacial score (nSPS) is 18.9. The van der Waals surface area contributed by atoms with E-state index in [9.17, 15) is 14.4 Å². The van der Waals surface area contributed by atoms with Crippen LogP contribution in [0.4, 0.5) is 4.79 Å². The maximum absolute atomic E-state index is 11.9. The van der Waals surface area contributed by atoms with Crippen LogP contribution in [0.3, 0.4) is 0 Å². The number of rotatable bonds is 3. The molecular weight excluding hydrogens is 231 g/mol. The second kappa shape index (κ2) is 6.33. The van der Waals surface area contributed by atoms with Gasteiger partial charge >= 0.3 is 35.6 Å². The Balaban J connectivity index is 0.00000256. The fraction of sp³-hybridized carbons (Fsp3) is 0.545. The monoisotopic (exact) mass is 247 g/mol. The van der Waals surface area contributed by atoms with Crippen LogP contribution in [0, 0.1) is 11.3 Å². The molecule has 0 aliphatic carbocycles. The second-order valence-corrected chi connectivity index (χ2v) is 4.14. The van der Waals surface area contributed by atoms with Gasteiger partial charge in [-0.15, -0.1) is 0 Å². The Hall–Kier alpha value is -0.650. The molecule has 0 atom stereocenters. The average Bonchev–Trinajstić information content (AvgIpc) is 2.16. The maximum atomic E-state index is 11.9. The Morgan fingerprint density at radius 1 is 1.18 bits per heavy atom. The molecule has 0 saturated carbocycles. The first-order valence-corrected chi connectivity index (χ1v) is 5.23. The van der Waals surface area contributed by atoms with Crippen molar-refractivity contribution in [3.63, 3.8) is 0 Å². The summed E-state index contributed by atoms with van der Waals surface area (Å²) in [6.07, 6.45) is 3.84. The van der Waals surface area contributed by atoms with E-state index in [1.165, 1.54) is 0 Å². The summed E-state index contributed by atoms with van der Waals surface area (Å²) in [7, 11) is 0. The van der Waals surface area contributed by atoms with Crippen LogP contribution in [0.15, 0.2) is 12.2 Å². The first-order valence-electron chi connectivity index (χ1n) is 5.23. The molecule has 1 aliphatic rings. The Morgan fingerprint density at radius 2 is 1.65 bits per heavy atom. The summed E-state index contributed by atoms with van der Waals surface area (Å²) in [5.74, 6) is -1.22. The molecule has 6 heteroatoms. The van der Waals surface area contributed by atoms with Crippen molar-refractivity contribution in [1.29, 1.82) is 0 Å². The molecular formula is C11H16N2NaO3+. The van der Waals surface area contributed by atoms with Crippen molar-refractivity contribution in [1.82, 2.24) is 10.6 Å². The number of nitrogens with one attached hydrogen (secondary N) is 2. The molecule has 1 saturated heterocycles. The molecule has 1 aliphatic heterocycles. The summed E-state index contributed by atoms with van der Waals surface area (Å²) in [4.78, 5) is 34.7. The number of barbiturate groups is 1.